The quantitative estimate of drug-likeness (QED) is 0.843. The fourth-order valence-corrected chi connectivity index (χ4v) is 2.26. The molecule has 2 aromatic heterocycles. The second-order valence-corrected chi connectivity index (χ2v) is 5.55. The van der Waals surface area contributed by atoms with Crippen molar-refractivity contribution in [2.24, 2.45) is 0 Å². The molecular formula is C16H25N3O. The second-order valence-electron chi connectivity index (χ2n) is 5.55. The van der Waals surface area contributed by atoms with Crippen molar-refractivity contribution in [3.63, 3.8) is 0 Å². The molecule has 2 rings (SSSR count). The van der Waals surface area contributed by atoms with E-state index in [9.17, 15) is 0 Å². The predicted molar refractivity (Wildman–Crippen MR) is 80.7 cm³/mol. The molecule has 0 aliphatic heterocycles. The average molecular weight is 275 g/mol. The van der Waals surface area contributed by atoms with Crippen LogP contribution in [0, 0.1) is 6.92 Å². The van der Waals surface area contributed by atoms with E-state index in [-0.39, 0.29) is 0 Å². The van der Waals surface area contributed by atoms with E-state index in [2.05, 4.69) is 41.7 Å². The first-order valence-electron chi connectivity index (χ1n) is 7.41. The minimum Gasteiger partial charge on any atom is -0.464 e. The minimum absolute atomic E-state index is 0.484. The Hall–Kier alpha value is -1.55. The molecule has 0 radical (unpaired) electrons. The number of nitrogens with one attached hydrogen (secondary N) is 1. The largest absolute Gasteiger partial charge is 0.464 e. The number of aryl methyl sites for hydroxylation is 2. The molecule has 110 valence electrons. The highest BCUT2D eigenvalue weighted by Crippen LogP contribution is 2.16. The monoisotopic (exact) mass is 275 g/mol. The van der Waals surface area contributed by atoms with Crippen LogP contribution in [0.4, 0.5) is 0 Å². The third-order valence-corrected chi connectivity index (χ3v) is 3.37. The third kappa shape index (κ3) is 3.73. The van der Waals surface area contributed by atoms with E-state index in [0.29, 0.717) is 6.04 Å². The maximum atomic E-state index is 5.86. The van der Waals surface area contributed by atoms with Gasteiger partial charge in [-0.15, -0.1) is 0 Å². The van der Waals surface area contributed by atoms with Gasteiger partial charge in [-0.3, -0.25) is 0 Å². The van der Waals surface area contributed by atoms with Crippen molar-refractivity contribution in [3.05, 3.63) is 41.4 Å². The van der Waals surface area contributed by atoms with Gasteiger partial charge in [-0.05, 0) is 19.4 Å². The summed E-state index contributed by atoms with van der Waals surface area (Å²) < 4.78 is 8.03. The number of rotatable bonds is 7. The van der Waals surface area contributed by atoms with Crippen LogP contribution in [0.5, 0.6) is 0 Å². The Labute approximate surface area is 121 Å². The fourth-order valence-electron chi connectivity index (χ4n) is 2.26. The summed E-state index contributed by atoms with van der Waals surface area (Å²) in [5.74, 6) is 3.13. The van der Waals surface area contributed by atoms with Crippen LogP contribution in [0.1, 0.15) is 50.1 Å². The molecule has 0 spiro atoms. The number of nitrogens with zero attached hydrogens (tertiary/aromatic N) is 2. The summed E-state index contributed by atoms with van der Waals surface area (Å²) in [6.07, 6.45) is 6.00. The zero-order chi connectivity index (χ0) is 14.5. The Kier molecular flexibility index (Phi) is 5.01. The van der Waals surface area contributed by atoms with Crippen molar-refractivity contribution in [3.8, 4) is 0 Å². The van der Waals surface area contributed by atoms with E-state index in [1.165, 1.54) is 5.56 Å². The van der Waals surface area contributed by atoms with E-state index in [1.807, 2.05) is 19.3 Å². The van der Waals surface area contributed by atoms with Gasteiger partial charge in [-0.1, -0.05) is 20.8 Å². The van der Waals surface area contributed by atoms with Crippen molar-refractivity contribution < 1.29 is 4.42 Å². The van der Waals surface area contributed by atoms with Gasteiger partial charge in [0.2, 0.25) is 0 Å². The standard InChI is InChI=1S/C16H25N3O/c1-5-6-16-17-7-8-19(16)11-15-9-14(13(4)20-15)10-18-12(2)3/h7-9,12,18H,5-6,10-11H2,1-4H3. The molecule has 0 fully saturated rings. The summed E-state index contributed by atoms with van der Waals surface area (Å²) in [4.78, 5) is 4.40. The summed E-state index contributed by atoms with van der Waals surface area (Å²) in [5, 5.41) is 3.43. The summed E-state index contributed by atoms with van der Waals surface area (Å²) in [6.45, 7) is 10.1. The topological polar surface area (TPSA) is 43.0 Å². The fraction of sp³-hybridized carbons (Fsp3) is 0.562. The lowest BCUT2D eigenvalue weighted by molar-refractivity contribution is 0.461. The van der Waals surface area contributed by atoms with E-state index >= 15 is 0 Å². The summed E-state index contributed by atoms with van der Waals surface area (Å²) in [6, 6.07) is 2.64. The third-order valence-electron chi connectivity index (χ3n) is 3.37. The number of aromatic nitrogens is 2. The molecule has 0 saturated heterocycles. The van der Waals surface area contributed by atoms with Gasteiger partial charge in [0.25, 0.3) is 0 Å². The molecule has 1 N–H and O–H groups in total. The van der Waals surface area contributed by atoms with E-state index in [4.69, 9.17) is 4.42 Å². The number of hydrogen-bond donors (Lipinski definition) is 1. The van der Waals surface area contributed by atoms with Gasteiger partial charge in [-0.2, -0.15) is 0 Å². The molecule has 0 aromatic carbocycles. The lowest BCUT2D eigenvalue weighted by Gasteiger charge is -2.06. The number of imidazole rings is 1. The summed E-state index contributed by atoms with van der Waals surface area (Å²) in [7, 11) is 0. The van der Waals surface area contributed by atoms with Gasteiger partial charge in [0.1, 0.15) is 17.3 Å². The molecule has 0 saturated carbocycles. The average Bonchev–Trinajstić information content (AvgIpc) is 2.95. The second kappa shape index (κ2) is 6.75. The van der Waals surface area contributed by atoms with Gasteiger partial charge < -0.3 is 14.3 Å². The van der Waals surface area contributed by atoms with Crippen LogP contribution in [0.3, 0.4) is 0 Å². The first-order valence-corrected chi connectivity index (χ1v) is 7.41. The van der Waals surface area contributed by atoms with Crippen LogP contribution >= 0.6 is 0 Å². The first-order chi connectivity index (χ1) is 9.60. The highest BCUT2D eigenvalue weighted by Gasteiger charge is 2.10. The Morgan fingerprint density at radius 1 is 1.40 bits per heavy atom. The molecule has 0 bridgehead atoms. The normalized spacial score (nSPS) is 11.4. The van der Waals surface area contributed by atoms with Crippen molar-refractivity contribution in [1.29, 1.82) is 0 Å². The zero-order valence-electron chi connectivity index (χ0n) is 12.9. The van der Waals surface area contributed by atoms with Gasteiger partial charge in [0.05, 0.1) is 6.54 Å². The minimum atomic E-state index is 0.484. The van der Waals surface area contributed by atoms with Crippen molar-refractivity contribution in [2.75, 3.05) is 0 Å². The molecule has 0 aliphatic rings. The highest BCUT2D eigenvalue weighted by molar-refractivity contribution is 5.21. The smallest absolute Gasteiger partial charge is 0.124 e. The summed E-state index contributed by atoms with van der Waals surface area (Å²) >= 11 is 0. The molecule has 0 unspecified atom stereocenters. The van der Waals surface area contributed by atoms with E-state index < -0.39 is 0 Å². The molecule has 4 nitrogen and oxygen atoms in total. The van der Waals surface area contributed by atoms with Crippen LogP contribution in [0.15, 0.2) is 22.9 Å². The summed E-state index contributed by atoms with van der Waals surface area (Å²) in [5.41, 5.74) is 1.24. The first kappa shape index (κ1) is 14.9. The maximum Gasteiger partial charge on any atom is 0.124 e. The van der Waals surface area contributed by atoms with Gasteiger partial charge in [0, 0.05) is 37.0 Å². The van der Waals surface area contributed by atoms with Crippen LogP contribution in [0.2, 0.25) is 0 Å². The van der Waals surface area contributed by atoms with Gasteiger partial charge in [-0.25, -0.2) is 4.98 Å². The Morgan fingerprint density at radius 2 is 2.20 bits per heavy atom. The zero-order valence-corrected chi connectivity index (χ0v) is 12.9. The molecule has 4 heteroatoms. The highest BCUT2D eigenvalue weighted by atomic mass is 16.3. The van der Waals surface area contributed by atoms with Crippen molar-refractivity contribution >= 4 is 0 Å². The molecule has 0 atom stereocenters. The lowest BCUT2D eigenvalue weighted by Crippen LogP contribution is -2.21. The van der Waals surface area contributed by atoms with Crippen LogP contribution in [-0.4, -0.2) is 15.6 Å². The van der Waals surface area contributed by atoms with E-state index in [0.717, 1.165) is 43.3 Å². The van der Waals surface area contributed by atoms with E-state index in [1.54, 1.807) is 0 Å². The molecular weight excluding hydrogens is 250 g/mol. The Morgan fingerprint density at radius 3 is 2.90 bits per heavy atom. The number of furan rings is 1. The molecule has 20 heavy (non-hydrogen) atoms. The van der Waals surface area contributed by atoms with Crippen molar-refractivity contribution in [2.45, 2.75) is 59.7 Å². The SMILES string of the molecule is CCCc1nccn1Cc1cc(CNC(C)C)c(C)o1. The molecule has 0 amide bonds. The van der Waals surface area contributed by atoms with Crippen LogP contribution in [-0.2, 0) is 19.5 Å². The predicted octanol–water partition coefficient (Wildman–Crippen LogP) is 3.28. The Balaban J connectivity index is 2.06. The Bertz CT molecular complexity index is 540. The van der Waals surface area contributed by atoms with Crippen LogP contribution in [0.25, 0.3) is 0 Å². The van der Waals surface area contributed by atoms with Crippen molar-refractivity contribution in [1.82, 2.24) is 14.9 Å². The molecule has 0 aliphatic carbocycles. The van der Waals surface area contributed by atoms with Gasteiger partial charge in [0.15, 0.2) is 0 Å². The van der Waals surface area contributed by atoms with Gasteiger partial charge >= 0.3 is 0 Å². The van der Waals surface area contributed by atoms with Crippen LogP contribution < -0.4 is 5.32 Å². The molecule has 2 heterocycles. The maximum absolute atomic E-state index is 5.86. The number of hydrogen-bond acceptors (Lipinski definition) is 3. The lowest BCUT2D eigenvalue weighted by atomic mass is 10.2. The molecule has 2 aromatic rings.